The van der Waals surface area contributed by atoms with Crippen LogP contribution >= 0.6 is 0 Å². The summed E-state index contributed by atoms with van der Waals surface area (Å²) < 4.78 is 0. The summed E-state index contributed by atoms with van der Waals surface area (Å²) in [6.45, 7) is 6.11. The third-order valence-corrected chi connectivity index (χ3v) is 4.95. The van der Waals surface area contributed by atoms with Gasteiger partial charge in [0.15, 0.2) is 0 Å². The third-order valence-electron chi connectivity index (χ3n) is 4.95. The molecule has 29 heavy (non-hydrogen) atoms. The van der Waals surface area contributed by atoms with Gasteiger partial charge in [0, 0.05) is 5.56 Å². The number of aromatic carboxylic acids is 1. The van der Waals surface area contributed by atoms with Crippen molar-refractivity contribution in [3.05, 3.63) is 82.0 Å². The lowest BCUT2D eigenvalue weighted by Gasteiger charge is -2.14. The summed E-state index contributed by atoms with van der Waals surface area (Å²) in [5, 5.41) is 30.7. The van der Waals surface area contributed by atoms with E-state index in [0.717, 1.165) is 24.0 Å². The van der Waals surface area contributed by atoms with E-state index in [-0.39, 0.29) is 29.0 Å². The van der Waals surface area contributed by atoms with Gasteiger partial charge in [-0.25, -0.2) is 4.79 Å². The summed E-state index contributed by atoms with van der Waals surface area (Å²) in [6, 6.07) is 11.2. The van der Waals surface area contributed by atoms with Gasteiger partial charge in [-0.05, 0) is 70.1 Å². The first-order chi connectivity index (χ1) is 13.8. The normalized spacial score (nSPS) is 11.3. The maximum Gasteiger partial charge on any atom is 0.339 e. The van der Waals surface area contributed by atoms with Gasteiger partial charge in [-0.15, -0.1) is 0 Å². The van der Waals surface area contributed by atoms with Crippen molar-refractivity contribution in [1.82, 2.24) is 0 Å². The molecule has 3 N–H and O–H groups in total. The molecule has 2 aromatic rings. The molecule has 0 bridgehead atoms. The molecule has 0 saturated carbocycles. The molecule has 4 nitrogen and oxygen atoms in total. The number of phenolic OH excluding ortho intramolecular Hbond substituents is 1. The zero-order valence-electron chi connectivity index (χ0n) is 17.4. The Balaban J connectivity index is 2.23. The quantitative estimate of drug-likeness (QED) is 0.469. The number of carboxylic acid groups (broad SMARTS) is 1. The van der Waals surface area contributed by atoms with Gasteiger partial charge in [-0.2, -0.15) is 0 Å². The van der Waals surface area contributed by atoms with E-state index in [9.17, 15) is 20.1 Å². The SMILES string of the molecule is CC(C)=CCC/C(C)=C\Cc1c(O)cc(CCc2ccccc2)c(C(=O)O)c1O. The topological polar surface area (TPSA) is 77.8 Å². The Morgan fingerprint density at radius 1 is 1.00 bits per heavy atom. The van der Waals surface area contributed by atoms with E-state index in [1.165, 1.54) is 11.6 Å². The highest BCUT2D eigenvalue weighted by molar-refractivity contribution is 5.93. The Hall–Kier alpha value is -3.01. The van der Waals surface area contributed by atoms with Crippen LogP contribution in [0.15, 0.2) is 59.7 Å². The van der Waals surface area contributed by atoms with Gasteiger partial charge in [0.05, 0.1) is 0 Å². The summed E-state index contributed by atoms with van der Waals surface area (Å²) in [5.41, 5.74) is 4.04. The summed E-state index contributed by atoms with van der Waals surface area (Å²) in [5.74, 6) is -1.59. The minimum absolute atomic E-state index is 0.0658. The lowest BCUT2D eigenvalue weighted by atomic mass is 9.94. The van der Waals surface area contributed by atoms with Crippen LogP contribution in [0.25, 0.3) is 0 Å². The number of hydrogen-bond donors (Lipinski definition) is 3. The molecular weight excluding hydrogens is 364 g/mol. The number of benzene rings is 2. The molecule has 2 rings (SSSR count). The summed E-state index contributed by atoms with van der Waals surface area (Å²) in [6.07, 6.45) is 7.25. The second kappa shape index (κ2) is 10.5. The molecule has 0 atom stereocenters. The van der Waals surface area contributed by atoms with E-state index in [0.29, 0.717) is 18.4 Å². The Bertz CT molecular complexity index is 904. The van der Waals surface area contributed by atoms with Crippen molar-refractivity contribution < 1.29 is 20.1 Å². The molecule has 0 amide bonds. The Labute approximate surface area is 172 Å². The van der Waals surface area contributed by atoms with Gasteiger partial charge >= 0.3 is 5.97 Å². The number of aromatic hydroxyl groups is 2. The maximum atomic E-state index is 11.8. The second-order valence-electron chi connectivity index (χ2n) is 7.62. The zero-order chi connectivity index (χ0) is 21.4. The van der Waals surface area contributed by atoms with Crippen LogP contribution in [0.3, 0.4) is 0 Å². The Kier molecular flexibility index (Phi) is 8.08. The molecule has 0 aliphatic rings. The van der Waals surface area contributed by atoms with Crippen LogP contribution in [0.5, 0.6) is 11.5 Å². The van der Waals surface area contributed by atoms with Crippen molar-refractivity contribution >= 4 is 5.97 Å². The Morgan fingerprint density at radius 3 is 2.31 bits per heavy atom. The molecular formula is C25H30O4. The molecule has 0 saturated heterocycles. The second-order valence-corrected chi connectivity index (χ2v) is 7.62. The van der Waals surface area contributed by atoms with Gasteiger partial charge in [-0.3, -0.25) is 0 Å². The van der Waals surface area contributed by atoms with E-state index in [1.54, 1.807) is 0 Å². The molecule has 0 aliphatic carbocycles. The van der Waals surface area contributed by atoms with E-state index in [4.69, 9.17) is 0 Å². The fraction of sp³-hybridized carbons (Fsp3) is 0.320. The van der Waals surface area contributed by atoms with Crippen molar-refractivity contribution in [3.8, 4) is 11.5 Å². The van der Waals surface area contributed by atoms with E-state index in [2.05, 4.69) is 19.9 Å². The fourth-order valence-electron chi connectivity index (χ4n) is 3.28. The predicted molar refractivity (Wildman–Crippen MR) is 117 cm³/mol. The van der Waals surface area contributed by atoms with Crippen molar-refractivity contribution in [2.24, 2.45) is 0 Å². The third kappa shape index (κ3) is 6.53. The van der Waals surface area contributed by atoms with E-state index < -0.39 is 5.97 Å². The Morgan fingerprint density at radius 2 is 1.69 bits per heavy atom. The number of phenols is 2. The van der Waals surface area contributed by atoms with Crippen LogP contribution in [-0.2, 0) is 19.3 Å². The smallest absolute Gasteiger partial charge is 0.339 e. The van der Waals surface area contributed by atoms with Crippen molar-refractivity contribution in [2.45, 2.75) is 52.9 Å². The molecule has 0 aromatic heterocycles. The highest BCUT2D eigenvalue weighted by Gasteiger charge is 2.21. The van der Waals surface area contributed by atoms with Gasteiger partial charge in [0.1, 0.15) is 17.1 Å². The van der Waals surface area contributed by atoms with Crippen LogP contribution < -0.4 is 0 Å². The van der Waals surface area contributed by atoms with Crippen molar-refractivity contribution in [2.75, 3.05) is 0 Å². The number of carboxylic acids is 1. The number of aryl methyl sites for hydroxylation is 2. The van der Waals surface area contributed by atoms with Gasteiger partial charge in [0.2, 0.25) is 0 Å². The molecule has 0 unspecified atom stereocenters. The molecule has 0 radical (unpaired) electrons. The monoisotopic (exact) mass is 394 g/mol. The summed E-state index contributed by atoms with van der Waals surface area (Å²) in [4.78, 5) is 11.8. The first-order valence-corrected chi connectivity index (χ1v) is 9.92. The predicted octanol–water partition coefficient (Wildman–Crippen LogP) is 5.82. The molecule has 0 fully saturated rings. The molecule has 0 heterocycles. The molecule has 4 heteroatoms. The molecule has 0 spiro atoms. The minimum atomic E-state index is -1.18. The van der Waals surface area contributed by atoms with Crippen molar-refractivity contribution in [3.63, 3.8) is 0 Å². The van der Waals surface area contributed by atoms with Crippen LogP contribution in [-0.4, -0.2) is 21.3 Å². The lowest BCUT2D eigenvalue weighted by Crippen LogP contribution is -2.06. The highest BCUT2D eigenvalue weighted by atomic mass is 16.4. The summed E-state index contributed by atoms with van der Waals surface area (Å²) in [7, 11) is 0. The largest absolute Gasteiger partial charge is 0.508 e. The van der Waals surface area contributed by atoms with E-state index in [1.807, 2.05) is 43.3 Å². The van der Waals surface area contributed by atoms with Crippen molar-refractivity contribution in [1.29, 1.82) is 0 Å². The van der Waals surface area contributed by atoms with E-state index >= 15 is 0 Å². The van der Waals surface area contributed by atoms with Crippen LogP contribution in [0, 0.1) is 0 Å². The standard InChI is InChI=1S/C25H30O4/c1-17(2)8-7-9-18(3)12-15-21-22(26)16-20(23(24(21)27)25(28)29)14-13-19-10-5-4-6-11-19/h4-6,8,10-12,16,26-27H,7,9,13-15H2,1-3H3,(H,28,29)/b18-12-. The average Bonchev–Trinajstić information content (AvgIpc) is 2.66. The number of carbonyl (C=O) groups is 1. The first kappa shape index (κ1) is 22.3. The molecule has 154 valence electrons. The maximum absolute atomic E-state index is 11.8. The van der Waals surface area contributed by atoms with Gasteiger partial charge in [0.25, 0.3) is 0 Å². The van der Waals surface area contributed by atoms with Gasteiger partial charge < -0.3 is 15.3 Å². The van der Waals surface area contributed by atoms with Crippen LogP contribution in [0.4, 0.5) is 0 Å². The number of rotatable bonds is 9. The fourth-order valence-corrected chi connectivity index (χ4v) is 3.28. The first-order valence-electron chi connectivity index (χ1n) is 9.92. The molecule has 0 aliphatic heterocycles. The van der Waals surface area contributed by atoms with Crippen LogP contribution in [0.1, 0.15) is 60.7 Å². The number of hydrogen-bond acceptors (Lipinski definition) is 3. The average molecular weight is 395 g/mol. The minimum Gasteiger partial charge on any atom is -0.508 e. The van der Waals surface area contributed by atoms with Gasteiger partial charge in [-0.1, -0.05) is 53.6 Å². The highest BCUT2D eigenvalue weighted by Crippen LogP contribution is 2.35. The lowest BCUT2D eigenvalue weighted by molar-refractivity contribution is 0.0692. The number of allylic oxidation sites excluding steroid dienone is 4. The molecule has 2 aromatic carbocycles. The zero-order valence-corrected chi connectivity index (χ0v) is 17.4. The van der Waals surface area contributed by atoms with Crippen LogP contribution in [0.2, 0.25) is 0 Å². The summed E-state index contributed by atoms with van der Waals surface area (Å²) >= 11 is 0.